The van der Waals surface area contributed by atoms with Gasteiger partial charge in [0.15, 0.2) is 24.7 Å². The molecule has 3 aliphatic rings. The summed E-state index contributed by atoms with van der Waals surface area (Å²) in [4.78, 5) is 115. The van der Waals surface area contributed by atoms with E-state index in [-0.39, 0.29) is 130 Å². The Hall–Kier alpha value is -4.41. The van der Waals surface area contributed by atoms with Crippen LogP contribution < -0.4 is 31.9 Å². The minimum atomic E-state index is -4.02. The predicted molar refractivity (Wildman–Crippen MR) is 347 cm³/mol. The molecule has 99 heavy (non-hydrogen) atoms. The first kappa shape index (κ1) is 88.8. The maximum absolute atomic E-state index is 14.5. The summed E-state index contributed by atoms with van der Waals surface area (Å²) in [5, 5.41) is 107. The van der Waals surface area contributed by atoms with Crippen molar-refractivity contribution in [2.24, 2.45) is 23.7 Å². The first-order valence-electron chi connectivity index (χ1n) is 34.3. The number of aliphatic hydroxyl groups excluding tert-OH is 9. The molecule has 0 aromatic heterocycles. The van der Waals surface area contributed by atoms with Gasteiger partial charge in [-0.05, 0) is 64.2 Å². The fraction of sp³-hybridized carbons (Fsp3) is 0.873. The molecule has 0 aromatic carbocycles. The third-order valence-corrected chi connectivity index (χ3v) is 18.1. The minimum absolute atomic E-state index is 0.0111. The number of hydrogen-bond donors (Lipinski definition) is 16. The molecule has 36 heteroatoms. The molecule has 1 unspecified atom stereocenters. The molecular weight excluding hydrogens is 1340 g/mol. The van der Waals surface area contributed by atoms with Crippen LogP contribution in [0.2, 0.25) is 0 Å². The Kier molecular flexibility index (Phi) is 44.2. The summed E-state index contributed by atoms with van der Waals surface area (Å²) in [7, 11) is -2.95. The van der Waals surface area contributed by atoms with Gasteiger partial charge < -0.3 is 121 Å². The summed E-state index contributed by atoms with van der Waals surface area (Å²) in [5.41, 5.74) is 0. The molecule has 3 saturated heterocycles. The van der Waals surface area contributed by atoms with Gasteiger partial charge in [-0.1, -0.05) is 33.6 Å². The number of ether oxygens (including phenoxy) is 8. The zero-order valence-corrected chi connectivity index (χ0v) is 58.6. The molecule has 574 valence electrons. The zero-order valence-electron chi connectivity index (χ0n) is 57.7. The summed E-state index contributed by atoms with van der Waals surface area (Å²) >= 11 is 0. The molecule has 6 amide bonds. The van der Waals surface area contributed by atoms with Crippen LogP contribution in [0, 0.1) is 23.7 Å². The molecule has 3 fully saturated rings. The first-order valence-corrected chi connectivity index (χ1v) is 35.8. The van der Waals surface area contributed by atoms with E-state index >= 15 is 0 Å². The van der Waals surface area contributed by atoms with Gasteiger partial charge >= 0.3 is 7.82 Å². The average Bonchev–Trinajstić information content (AvgIpc) is 0.828. The van der Waals surface area contributed by atoms with Crippen LogP contribution in [0.25, 0.3) is 0 Å². The summed E-state index contributed by atoms with van der Waals surface area (Å²) in [6, 6.07) is -2.40. The molecule has 0 spiro atoms. The monoisotopic (exact) mass is 1450 g/mol. The van der Waals surface area contributed by atoms with Crippen LogP contribution in [0.1, 0.15) is 137 Å². The summed E-state index contributed by atoms with van der Waals surface area (Å²) in [6.07, 6.45) is -11.5. The number of phosphoric ester groups is 1. The molecule has 0 radical (unpaired) electrons. The van der Waals surface area contributed by atoms with Gasteiger partial charge in [-0.3, -0.25) is 47.4 Å². The number of phosphoric acid groups is 1. The average molecular weight is 1450 g/mol. The van der Waals surface area contributed by atoms with E-state index in [0.29, 0.717) is 51.5 Å². The van der Waals surface area contributed by atoms with Crippen LogP contribution >= 0.6 is 7.82 Å². The molecule has 19 atom stereocenters. The van der Waals surface area contributed by atoms with Crippen LogP contribution in [-0.4, -0.2) is 290 Å². The van der Waals surface area contributed by atoms with Crippen LogP contribution in [0.15, 0.2) is 0 Å². The lowest BCUT2D eigenvalue weighted by molar-refractivity contribution is -0.282. The number of carbonyl (C=O) groups excluding carboxylic acids is 8. The molecule has 3 heterocycles. The number of aliphatic hydroxyl groups is 9. The fourth-order valence-electron chi connectivity index (χ4n) is 10.8. The van der Waals surface area contributed by atoms with Crippen molar-refractivity contribution in [1.82, 2.24) is 31.9 Å². The predicted octanol–water partition coefficient (Wildman–Crippen LogP) is -3.10. The van der Waals surface area contributed by atoms with E-state index in [1.807, 2.05) is 0 Å². The number of rotatable bonds is 53. The van der Waals surface area contributed by atoms with Crippen LogP contribution in [0.3, 0.4) is 0 Å². The van der Waals surface area contributed by atoms with Crippen LogP contribution in [0.4, 0.5) is 0 Å². The van der Waals surface area contributed by atoms with Crippen molar-refractivity contribution in [2.45, 2.75) is 223 Å². The maximum atomic E-state index is 14.5. The topological polar surface area (TPSA) is 520 Å². The number of hydrogen-bond acceptors (Lipinski definition) is 28. The molecule has 3 aliphatic heterocycles. The summed E-state index contributed by atoms with van der Waals surface area (Å²) in [5.74, 6) is -7.11. The Balaban J connectivity index is 1.65. The van der Waals surface area contributed by atoms with Crippen molar-refractivity contribution in [3.63, 3.8) is 0 Å². The van der Waals surface area contributed by atoms with Crippen molar-refractivity contribution in [3.8, 4) is 0 Å². The molecule has 3 rings (SSSR count). The zero-order chi connectivity index (χ0) is 73.5. The highest BCUT2D eigenvalue weighted by Gasteiger charge is 2.46. The highest BCUT2D eigenvalue weighted by molar-refractivity contribution is 7.47. The van der Waals surface area contributed by atoms with E-state index in [0.717, 1.165) is 13.5 Å². The van der Waals surface area contributed by atoms with Gasteiger partial charge in [0, 0.05) is 116 Å². The Morgan fingerprint density at radius 3 is 1.52 bits per heavy atom. The van der Waals surface area contributed by atoms with Gasteiger partial charge in [0.1, 0.15) is 61.2 Å². The van der Waals surface area contributed by atoms with Gasteiger partial charge in [-0.25, -0.2) is 4.57 Å². The largest absolute Gasteiger partial charge is 0.471 e. The number of Topliss-reactive ketones (excluding diaryl/α,β-unsaturated/α-hetero) is 2. The highest BCUT2D eigenvalue weighted by atomic mass is 31.2. The maximum Gasteiger partial charge on any atom is 0.471 e. The second-order valence-electron chi connectivity index (χ2n) is 25.1. The van der Waals surface area contributed by atoms with E-state index in [2.05, 4.69) is 36.4 Å². The van der Waals surface area contributed by atoms with E-state index in [1.165, 1.54) is 6.92 Å². The van der Waals surface area contributed by atoms with Gasteiger partial charge in [0.05, 0.1) is 64.5 Å². The number of unbranched alkanes of at least 4 members (excludes halogenated alkanes) is 5. The van der Waals surface area contributed by atoms with Crippen molar-refractivity contribution in [1.29, 1.82) is 0 Å². The third-order valence-electron chi connectivity index (χ3n) is 17.1. The van der Waals surface area contributed by atoms with Crippen molar-refractivity contribution in [2.75, 3.05) is 106 Å². The molecule has 16 N–H and O–H groups in total. The molecule has 0 saturated carbocycles. The Labute approximate surface area is 578 Å². The minimum Gasteiger partial charge on any atom is -0.394 e. The normalized spacial score (nSPS) is 27.0. The second kappa shape index (κ2) is 49.3. The Morgan fingerprint density at radius 2 is 0.960 bits per heavy atom. The molecule has 0 aliphatic carbocycles. The number of nitrogens with one attached hydrogen (secondary N) is 6. The van der Waals surface area contributed by atoms with Crippen LogP contribution in [-0.2, 0) is 89.9 Å². The van der Waals surface area contributed by atoms with Crippen molar-refractivity contribution < 1.29 is 141 Å². The third kappa shape index (κ3) is 34.2. The Bertz CT molecular complexity index is 2420. The molecule has 35 nitrogen and oxygen atoms in total. The number of ketones is 2. The first-order chi connectivity index (χ1) is 47.2. The Morgan fingerprint density at radius 1 is 0.495 bits per heavy atom. The lowest BCUT2D eigenvalue weighted by Gasteiger charge is -2.42. The smallest absolute Gasteiger partial charge is 0.394 e. The summed E-state index contributed by atoms with van der Waals surface area (Å²) in [6.45, 7) is 5.15. The van der Waals surface area contributed by atoms with Crippen molar-refractivity contribution >= 4 is 54.8 Å². The van der Waals surface area contributed by atoms with Crippen LogP contribution in [0.5, 0.6) is 0 Å². The quantitative estimate of drug-likeness (QED) is 0.0212. The van der Waals surface area contributed by atoms with Gasteiger partial charge in [0.2, 0.25) is 35.4 Å². The van der Waals surface area contributed by atoms with E-state index in [9.17, 15) is 93.8 Å². The van der Waals surface area contributed by atoms with Crippen molar-refractivity contribution in [3.05, 3.63) is 0 Å². The molecule has 0 aromatic rings. The SMILES string of the molecule is COP(=O)(O)OCCCCCCNC(=O)COCCOCCCC(=O)[C@H](CCC(=O)NCCCCO[C@@H]1O[C@H](CO)[C@H](O)[C@H](O)[C@H]1C)NC(=O)[C@H](CCC(=O)NCCCCO[C@@H]1O[C@H](CO)[C@H](O)[C@H](O)[C@H]1NC(C)=O)CC(=O)[C@@H](C)CCC(=O)NCCO[C@@H]1O[C@H](CO)[C@H](O)[C@H](O)[C@H]1C. The number of carbonyl (C=O) groups is 8. The highest BCUT2D eigenvalue weighted by Crippen LogP contribution is 2.42. The lowest BCUT2D eigenvalue weighted by atomic mass is 9.88. The summed E-state index contributed by atoms with van der Waals surface area (Å²) < 4.78 is 65.5. The lowest BCUT2D eigenvalue weighted by Crippen LogP contribution is -2.64. The van der Waals surface area contributed by atoms with Gasteiger partial charge in [-0.15, -0.1) is 0 Å². The molecular formula is C63H113N6O29P. The van der Waals surface area contributed by atoms with E-state index < -0.39 is 185 Å². The second-order valence-corrected chi connectivity index (χ2v) is 26.6. The van der Waals surface area contributed by atoms with Gasteiger partial charge in [0.25, 0.3) is 0 Å². The van der Waals surface area contributed by atoms with E-state index in [1.54, 1.807) is 20.8 Å². The fourth-order valence-corrected chi connectivity index (χ4v) is 11.3. The molecule has 0 bridgehead atoms. The van der Waals surface area contributed by atoms with E-state index in [4.69, 9.17) is 42.4 Å². The standard InChI is InChI=1S/C63H113N6O29P/c1-38(16-19-49(76)67-25-30-94-62-40(3)55(81)57(83)47(35-71)97-62)45(75)33-42(17-20-50(77)64-23-10-13-28-93-63-53(68-41(4)73)59(85)58(84)48(36-72)98-63)60(86)69-43(18-21-51(78)65-24-9-12-27-92-61-39(2)54(80)56(82)46(34-70)96-61)44(74)15-14-26-90-31-32-91-37-52(79)66-22-8-6-7-11-29-95-99(87,88)89-5/h38-40,42-43,46-48,53-59,61-63,70-72,80-85H,6-37H2,1-5H3,(H,64,77)(H,65,78)(H,66,79)(H,67,76)(H,68,73)(H,69,86)(H,87,88)/t38-,39+,40+,42+,43-,46+,47+,48+,53+,54+,55+,56-,57-,58-,59+,61+,62+,63+/m0/s1. The number of amides is 6. The van der Waals surface area contributed by atoms with Gasteiger partial charge in [-0.2, -0.15) is 0 Å².